The van der Waals surface area contributed by atoms with Crippen LogP contribution in [0.4, 0.5) is 0 Å². The van der Waals surface area contributed by atoms with Crippen LogP contribution < -0.4 is 5.32 Å². The standard InChI is InChI=1S/C19H24N2O5/c1-19(2,3)21-15-12(11-9-7-6-8-10-11)13(16(22)20-15)14(17(23)25-4)18(24)26-5/h6-10,12-14H,1-5H3,(H,20,21,22). The Morgan fingerprint density at radius 3 is 2.08 bits per heavy atom. The highest BCUT2D eigenvalue weighted by atomic mass is 16.5. The summed E-state index contributed by atoms with van der Waals surface area (Å²) in [6, 6.07) is 9.18. The fourth-order valence-corrected chi connectivity index (χ4v) is 3.08. The number of amidine groups is 1. The average molecular weight is 360 g/mol. The number of hydrogen-bond acceptors (Lipinski definition) is 6. The van der Waals surface area contributed by atoms with E-state index in [-0.39, 0.29) is 0 Å². The molecule has 0 aliphatic carbocycles. The number of amides is 1. The van der Waals surface area contributed by atoms with E-state index < -0.39 is 41.1 Å². The summed E-state index contributed by atoms with van der Waals surface area (Å²) in [6.07, 6.45) is 0. The zero-order valence-corrected chi connectivity index (χ0v) is 15.6. The Kier molecular flexibility index (Phi) is 5.79. The van der Waals surface area contributed by atoms with Crippen molar-refractivity contribution < 1.29 is 23.9 Å². The van der Waals surface area contributed by atoms with Crippen molar-refractivity contribution in [1.29, 1.82) is 0 Å². The molecule has 1 saturated heterocycles. The number of ether oxygens (including phenoxy) is 2. The first-order valence-electron chi connectivity index (χ1n) is 8.31. The maximum atomic E-state index is 12.7. The highest BCUT2D eigenvalue weighted by Crippen LogP contribution is 2.37. The molecule has 1 amide bonds. The Bertz CT molecular complexity index is 705. The van der Waals surface area contributed by atoms with Crippen LogP contribution in [0.15, 0.2) is 35.3 Å². The number of nitrogens with one attached hydrogen (secondary N) is 1. The van der Waals surface area contributed by atoms with Crippen LogP contribution in [-0.4, -0.2) is 43.4 Å². The monoisotopic (exact) mass is 360 g/mol. The quantitative estimate of drug-likeness (QED) is 0.651. The van der Waals surface area contributed by atoms with Gasteiger partial charge in [-0.1, -0.05) is 30.3 Å². The van der Waals surface area contributed by atoms with Crippen LogP contribution in [0.2, 0.25) is 0 Å². The summed E-state index contributed by atoms with van der Waals surface area (Å²) in [7, 11) is 2.35. The Hall–Kier alpha value is -2.70. The van der Waals surface area contributed by atoms with Crippen LogP contribution in [0.25, 0.3) is 0 Å². The number of nitrogens with zero attached hydrogens (tertiary/aromatic N) is 1. The molecule has 140 valence electrons. The molecular weight excluding hydrogens is 336 g/mol. The Morgan fingerprint density at radius 2 is 1.62 bits per heavy atom. The molecule has 2 rings (SSSR count). The number of benzene rings is 1. The third-order valence-electron chi connectivity index (χ3n) is 4.09. The summed E-state index contributed by atoms with van der Waals surface area (Å²) in [6.45, 7) is 5.71. The number of methoxy groups -OCH3 is 2. The van der Waals surface area contributed by atoms with E-state index in [2.05, 4.69) is 10.3 Å². The van der Waals surface area contributed by atoms with Gasteiger partial charge >= 0.3 is 11.9 Å². The summed E-state index contributed by atoms with van der Waals surface area (Å²) in [5, 5.41) is 2.74. The molecule has 1 fully saturated rings. The molecule has 2 unspecified atom stereocenters. The zero-order valence-electron chi connectivity index (χ0n) is 15.6. The van der Waals surface area contributed by atoms with Crippen molar-refractivity contribution in [2.24, 2.45) is 16.8 Å². The van der Waals surface area contributed by atoms with Crippen LogP contribution in [0, 0.1) is 11.8 Å². The van der Waals surface area contributed by atoms with Crippen molar-refractivity contribution in [3.05, 3.63) is 35.9 Å². The fourth-order valence-electron chi connectivity index (χ4n) is 3.08. The second-order valence-corrected chi connectivity index (χ2v) is 7.10. The van der Waals surface area contributed by atoms with Gasteiger partial charge in [0, 0.05) is 0 Å². The summed E-state index contributed by atoms with van der Waals surface area (Å²) in [5.74, 6) is -4.60. The van der Waals surface area contributed by atoms with E-state index in [1.54, 1.807) is 0 Å². The molecule has 0 radical (unpaired) electrons. The lowest BCUT2D eigenvalue weighted by Gasteiger charge is -2.24. The number of hydrogen-bond donors (Lipinski definition) is 1. The lowest BCUT2D eigenvalue weighted by molar-refractivity contribution is -0.163. The van der Waals surface area contributed by atoms with Gasteiger partial charge in [-0.25, -0.2) is 0 Å². The minimum Gasteiger partial charge on any atom is -0.468 e. The van der Waals surface area contributed by atoms with Gasteiger partial charge in [0.15, 0.2) is 5.92 Å². The molecule has 1 aliphatic rings. The van der Waals surface area contributed by atoms with Crippen LogP contribution in [0.1, 0.15) is 32.3 Å². The van der Waals surface area contributed by atoms with Crippen molar-refractivity contribution >= 4 is 23.7 Å². The molecule has 0 bridgehead atoms. The molecule has 2 atom stereocenters. The van der Waals surface area contributed by atoms with E-state index >= 15 is 0 Å². The molecular formula is C19H24N2O5. The maximum Gasteiger partial charge on any atom is 0.320 e. The molecule has 1 aliphatic heterocycles. The van der Waals surface area contributed by atoms with E-state index in [0.29, 0.717) is 5.84 Å². The first-order chi connectivity index (χ1) is 12.2. The summed E-state index contributed by atoms with van der Waals surface area (Å²) < 4.78 is 9.51. The van der Waals surface area contributed by atoms with Crippen LogP contribution in [0.5, 0.6) is 0 Å². The third kappa shape index (κ3) is 4.09. The molecule has 0 aromatic heterocycles. The van der Waals surface area contributed by atoms with Gasteiger partial charge in [-0.2, -0.15) is 0 Å². The van der Waals surface area contributed by atoms with E-state index in [4.69, 9.17) is 9.47 Å². The lowest BCUT2D eigenvalue weighted by atomic mass is 9.79. The van der Waals surface area contributed by atoms with Crippen molar-refractivity contribution in [3.63, 3.8) is 0 Å². The average Bonchev–Trinajstić information content (AvgIpc) is 2.89. The second kappa shape index (κ2) is 7.68. The Morgan fingerprint density at radius 1 is 1.08 bits per heavy atom. The normalized spacial score (nSPS) is 21.6. The molecule has 1 aromatic carbocycles. The predicted octanol–water partition coefficient (Wildman–Crippen LogP) is 1.68. The third-order valence-corrected chi connectivity index (χ3v) is 4.09. The fraction of sp³-hybridized carbons (Fsp3) is 0.474. The molecule has 7 nitrogen and oxygen atoms in total. The minimum absolute atomic E-state index is 0.427. The Labute approximate surface area is 152 Å². The SMILES string of the molecule is COC(=O)C(C(=O)OC)C1C(=O)NC(=NC(C)(C)C)C1c1ccccc1. The van der Waals surface area contributed by atoms with E-state index in [1.807, 2.05) is 51.1 Å². The molecule has 1 N–H and O–H groups in total. The van der Waals surface area contributed by atoms with Gasteiger partial charge in [-0.3, -0.25) is 19.4 Å². The van der Waals surface area contributed by atoms with Crippen LogP contribution in [-0.2, 0) is 23.9 Å². The van der Waals surface area contributed by atoms with Gasteiger partial charge < -0.3 is 14.8 Å². The predicted molar refractivity (Wildman–Crippen MR) is 95.5 cm³/mol. The van der Waals surface area contributed by atoms with E-state index in [9.17, 15) is 14.4 Å². The largest absolute Gasteiger partial charge is 0.468 e. The smallest absolute Gasteiger partial charge is 0.320 e. The maximum absolute atomic E-state index is 12.7. The van der Waals surface area contributed by atoms with Gasteiger partial charge in [0.05, 0.1) is 31.6 Å². The van der Waals surface area contributed by atoms with Crippen molar-refractivity contribution in [2.75, 3.05) is 14.2 Å². The molecule has 1 heterocycles. The van der Waals surface area contributed by atoms with E-state index in [0.717, 1.165) is 5.56 Å². The summed E-state index contributed by atoms with van der Waals surface area (Å²) in [4.78, 5) is 41.9. The molecule has 7 heteroatoms. The number of rotatable bonds is 4. The minimum atomic E-state index is -1.37. The molecule has 1 aromatic rings. The van der Waals surface area contributed by atoms with Gasteiger partial charge in [-0.15, -0.1) is 0 Å². The highest BCUT2D eigenvalue weighted by Gasteiger charge is 2.52. The number of carbonyl (C=O) groups is 3. The molecule has 26 heavy (non-hydrogen) atoms. The van der Waals surface area contributed by atoms with Crippen molar-refractivity contribution in [3.8, 4) is 0 Å². The number of carbonyl (C=O) groups excluding carboxylic acids is 3. The van der Waals surface area contributed by atoms with Gasteiger partial charge in [-0.05, 0) is 26.3 Å². The van der Waals surface area contributed by atoms with Gasteiger partial charge in [0.2, 0.25) is 5.91 Å². The second-order valence-electron chi connectivity index (χ2n) is 7.10. The highest BCUT2D eigenvalue weighted by molar-refractivity contribution is 6.14. The Balaban J connectivity index is 2.61. The van der Waals surface area contributed by atoms with E-state index in [1.165, 1.54) is 14.2 Å². The first kappa shape index (κ1) is 19.6. The van der Waals surface area contributed by atoms with Gasteiger partial charge in [0.25, 0.3) is 0 Å². The van der Waals surface area contributed by atoms with Crippen LogP contribution >= 0.6 is 0 Å². The van der Waals surface area contributed by atoms with Gasteiger partial charge in [0.1, 0.15) is 5.84 Å². The summed E-state index contributed by atoms with van der Waals surface area (Å²) in [5.41, 5.74) is 0.327. The number of esters is 2. The number of aliphatic imine (C=N–C) groups is 1. The first-order valence-corrected chi connectivity index (χ1v) is 8.31. The zero-order chi connectivity index (χ0) is 19.5. The topological polar surface area (TPSA) is 94.1 Å². The van der Waals surface area contributed by atoms with Crippen molar-refractivity contribution in [1.82, 2.24) is 5.32 Å². The van der Waals surface area contributed by atoms with Crippen molar-refractivity contribution in [2.45, 2.75) is 32.2 Å². The summed E-state index contributed by atoms with van der Waals surface area (Å²) >= 11 is 0. The van der Waals surface area contributed by atoms with Crippen LogP contribution in [0.3, 0.4) is 0 Å². The molecule has 0 spiro atoms. The molecule has 0 saturated carbocycles. The lowest BCUT2D eigenvalue weighted by Crippen LogP contribution is -2.39.